The summed E-state index contributed by atoms with van der Waals surface area (Å²) in [7, 11) is 0. The van der Waals surface area contributed by atoms with E-state index in [2.05, 4.69) is 34.5 Å². The zero-order valence-electron chi connectivity index (χ0n) is 16.5. The normalized spacial score (nSPS) is 15.6. The predicted molar refractivity (Wildman–Crippen MR) is 121 cm³/mol. The van der Waals surface area contributed by atoms with Crippen molar-refractivity contribution in [1.82, 2.24) is 4.90 Å². The number of fused-ring (bicyclic) bond motifs is 1. The van der Waals surface area contributed by atoms with E-state index in [1.54, 1.807) is 18.2 Å². The Morgan fingerprint density at radius 2 is 1.90 bits per heavy atom. The number of benzene rings is 2. The van der Waals surface area contributed by atoms with Crippen molar-refractivity contribution in [3.63, 3.8) is 0 Å². The van der Waals surface area contributed by atoms with Gasteiger partial charge in [-0.05, 0) is 36.6 Å². The smallest absolute Gasteiger partial charge is 0.349 e. The number of nitrogens with one attached hydrogen (secondary N) is 1. The van der Waals surface area contributed by atoms with Crippen LogP contribution in [0.1, 0.15) is 28.8 Å². The third-order valence-electron chi connectivity index (χ3n) is 5.43. The van der Waals surface area contributed by atoms with Gasteiger partial charge in [0.05, 0.1) is 5.69 Å². The molecule has 0 amide bonds. The van der Waals surface area contributed by atoms with Crippen molar-refractivity contribution in [2.75, 3.05) is 25.0 Å². The summed E-state index contributed by atoms with van der Waals surface area (Å²) in [4.78, 5) is 26.2. The van der Waals surface area contributed by atoms with Crippen LogP contribution in [0.15, 0.2) is 63.8 Å². The van der Waals surface area contributed by atoms with Gasteiger partial charge in [-0.1, -0.05) is 54.1 Å². The van der Waals surface area contributed by atoms with Crippen LogP contribution in [-0.2, 0) is 0 Å². The van der Waals surface area contributed by atoms with Gasteiger partial charge in [0.2, 0.25) is 0 Å². The first-order valence-corrected chi connectivity index (χ1v) is 10.4. The lowest BCUT2D eigenvalue weighted by atomic mass is 10.0. The Hall–Kier alpha value is -2.89. The number of hydrogen-bond acceptors (Lipinski definition) is 5. The number of likely N-dealkylation sites (tertiary alicyclic amines) is 1. The molecule has 2 aromatic carbocycles. The minimum Gasteiger partial charge on any atom is -0.422 e. The molecular weight excluding hydrogens is 400 g/mol. The highest BCUT2D eigenvalue weighted by Gasteiger charge is 2.22. The maximum Gasteiger partial charge on any atom is 0.349 e. The molecule has 0 unspecified atom stereocenters. The molecule has 0 spiro atoms. The molecule has 5 nitrogen and oxygen atoms in total. The Morgan fingerprint density at radius 3 is 2.63 bits per heavy atom. The van der Waals surface area contributed by atoms with Crippen molar-refractivity contribution >= 4 is 40.6 Å². The van der Waals surface area contributed by atoms with Crippen molar-refractivity contribution in [2.45, 2.75) is 18.9 Å². The van der Waals surface area contributed by atoms with Gasteiger partial charge in [0, 0.05) is 36.1 Å². The molecule has 1 N–H and O–H groups in total. The summed E-state index contributed by atoms with van der Waals surface area (Å²) in [5.41, 5.74) is 1.51. The van der Waals surface area contributed by atoms with Crippen molar-refractivity contribution in [3.8, 4) is 0 Å². The maximum absolute atomic E-state index is 12.2. The van der Waals surface area contributed by atoms with Crippen LogP contribution < -0.4 is 10.9 Å². The van der Waals surface area contributed by atoms with E-state index in [0.717, 1.165) is 32.5 Å². The van der Waals surface area contributed by atoms with Crippen LogP contribution in [0.4, 0.5) is 5.69 Å². The second-order valence-corrected chi connectivity index (χ2v) is 7.91. The Bertz CT molecular complexity index is 1120. The van der Waals surface area contributed by atoms with Gasteiger partial charge < -0.3 is 9.73 Å². The van der Waals surface area contributed by atoms with Gasteiger partial charge in [0.1, 0.15) is 11.1 Å². The molecule has 1 aliphatic rings. The molecule has 4 rings (SSSR count). The van der Waals surface area contributed by atoms with Crippen LogP contribution in [0.2, 0.25) is 5.02 Å². The lowest BCUT2D eigenvalue weighted by Crippen LogP contribution is -2.39. The summed E-state index contributed by atoms with van der Waals surface area (Å²) in [5.74, 6) is 0. The summed E-state index contributed by atoms with van der Waals surface area (Å²) >= 11 is 6.13. The molecule has 1 saturated heterocycles. The number of aldehydes is 1. The van der Waals surface area contributed by atoms with E-state index in [0.29, 0.717) is 28.0 Å². The molecule has 2 heterocycles. The van der Waals surface area contributed by atoms with Gasteiger partial charge in [-0.15, -0.1) is 0 Å². The van der Waals surface area contributed by atoms with E-state index >= 15 is 0 Å². The monoisotopic (exact) mass is 422 g/mol. The maximum atomic E-state index is 12.2. The SMILES string of the molecule is O=Cc1c(NC2CCN(CC=Cc3ccccc3)CC2)c2cc(Cl)ccc2oc1=O. The van der Waals surface area contributed by atoms with Crippen molar-refractivity contribution in [1.29, 1.82) is 0 Å². The minimum atomic E-state index is -0.634. The molecule has 154 valence electrons. The largest absolute Gasteiger partial charge is 0.422 e. The number of carbonyl (C=O) groups is 1. The number of halogens is 1. The topological polar surface area (TPSA) is 62.6 Å². The zero-order chi connectivity index (χ0) is 20.9. The zero-order valence-corrected chi connectivity index (χ0v) is 17.3. The molecule has 30 heavy (non-hydrogen) atoms. The summed E-state index contributed by atoms with van der Waals surface area (Å²) in [6.07, 6.45) is 6.71. The summed E-state index contributed by atoms with van der Waals surface area (Å²) in [6, 6.07) is 15.5. The fourth-order valence-electron chi connectivity index (χ4n) is 3.82. The van der Waals surface area contributed by atoms with Gasteiger partial charge >= 0.3 is 5.63 Å². The summed E-state index contributed by atoms with van der Waals surface area (Å²) in [6.45, 7) is 2.77. The van der Waals surface area contributed by atoms with Gasteiger partial charge in [0.25, 0.3) is 0 Å². The molecule has 1 fully saturated rings. The van der Waals surface area contributed by atoms with E-state index in [9.17, 15) is 9.59 Å². The van der Waals surface area contributed by atoms with Crippen LogP contribution >= 0.6 is 11.6 Å². The highest BCUT2D eigenvalue weighted by atomic mass is 35.5. The Balaban J connectivity index is 1.43. The second kappa shape index (κ2) is 9.28. The van der Waals surface area contributed by atoms with Gasteiger partial charge in [-0.3, -0.25) is 9.69 Å². The van der Waals surface area contributed by atoms with E-state index in [4.69, 9.17) is 16.0 Å². The van der Waals surface area contributed by atoms with Gasteiger partial charge in [-0.2, -0.15) is 0 Å². The second-order valence-electron chi connectivity index (χ2n) is 7.47. The molecule has 1 aliphatic heterocycles. The first-order chi connectivity index (χ1) is 14.6. The molecule has 6 heteroatoms. The van der Waals surface area contributed by atoms with Crippen LogP contribution in [0, 0.1) is 0 Å². The van der Waals surface area contributed by atoms with E-state index in [-0.39, 0.29) is 11.6 Å². The van der Waals surface area contributed by atoms with Crippen LogP contribution in [0.3, 0.4) is 0 Å². The molecule has 0 radical (unpaired) electrons. The van der Waals surface area contributed by atoms with Crippen molar-refractivity contribution in [3.05, 3.63) is 81.2 Å². The number of anilines is 1. The van der Waals surface area contributed by atoms with Crippen molar-refractivity contribution in [2.24, 2.45) is 0 Å². The van der Waals surface area contributed by atoms with Crippen LogP contribution in [-0.4, -0.2) is 36.9 Å². The molecule has 0 atom stereocenters. The average Bonchev–Trinajstić information content (AvgIpc) is 2.76. The summed E-state index contributed by atoms with van der Waals surface area (Å²) in [5, 5.41) is 4.59. The standard InChI is InChI=1S/C24H23ClN2O3/c25-18-8-9-22-20(15-18)23(21(16-28)24(29)30-22)26-19-10-13-27(14-11-19)12-4-7-17-5-2-1-3-6-17/h1-9,15-16,19,26H,10-14H2. The Kier molecular flexibility index (Phi) is 6.31. The molecule has 0 bridgehead atoms. The number of nitrogens with zero attached hydrogens (tertiary/aromatic N) is 1. The lowest BCUT2D eigenvalue weighted by molar-refractivity contribution is 0.112. The van der Waals surface area contributed by atoms with E-state index in [1.165, 1.54) is 5.56 Å². The molecule has 0 aliphatic carbocycles. The Labute approximate surface area is 180 Å². The third kappa shape index (κ3) is 4.64. The first-order valence-electron chi connectivity index (χ1n) is 10.1. The Morgan fingerprint density at radius 1 is 1.13 bits per heavy atom. The number of rotatable bonds is 6. The number of hydrogen-bond donors (Lipinski definition) is 1. The number of carbonyl (C=O) groups excluding carboxylic acids is 1. The quantitative estimate of drug-likeness (QED) is 0.454. The van der Waals surface area contributed by atoms with E-state index < -0.39 is 5.63 Å². The van der Waals surface area contributed by atoms with Crippen LogP contribution in [0.5, 0.6) is 0 Å². The molecular formula is C24H23ClN2O3. The first kappa shape index (κ1) is 20.4. The lowest BCUT2D eigenvalue weighted by Gasteiger charge is -2.32. The van der Waals surface area contributed by atoms with Gasteiger partial charge in [0.15, 0.2) is 6.29 Å². The highest BCUT2D eigenvalue weighted by molar-refractivity contribution is 6.31. The molecule has 3 aromatic rings. The fourth-order valence-corrected chi connectivity index (χ4v) is 3.99. The fraction of sp³-hybridized carbons (Fsp3) is 0.250. The van der Waals surface area contributed by atoms with Gasteiger partial charge in [-0.25, -0.2) is 4.79 Å². The summed E-state index contributed by atoms with van der Waals surface area (Å²) < 4.78 is 5.27. The minimum absolute atomic E-state index is 0.0120. The van der Waals surface area contributed by atoms with Crippen LogP contribution in [0.25, 0.3) is 17.0 Å². The highest BCUT2D eigenvalue weighted by Crippen LogP contribution is 2.29. The predicted octanol–water partition coefficient (Wildman–Crippen LogP) is 4.85. The molecule has 0 saturated carbocycles. The average molecular weight is 423 g/mol. The van der Waals surface area contributed by atoms with E-state index in [1.807, 2.05) is 18.2 Å². The number of piperidine rings is 1. The molecule has 1 aromatic heterocycles. The third-order valence-corrected chi connectivity index (χ3v) is 5.67. The van der Waals surface area contributed by atoms with Crippen molar-refractivity contribution < 1.29 is 9.21 Å².